The van der Waals surface area contributed by atoms with Crippen molar-refractivity contribution in [1.82, 2.24) is 0 Å². The van der Waals surface area contributed by atoms with Crippen LogP contribution in [0, 0.1) is 0 Å². The molecule has 1 fully saturated rings. The molecule has 0 radical (unpaired) electrons. The van der Waals surface area contributed by atoms with Gasteiger partial charge in [-0.05, 0) is 44.7 Å². The fraction of sp³-hybridized carbons (Fsp3) is 0.474. The third-order valence-electron chi connectivity index (χ3n) is 4.67. The van der Waals surface area contributed by atoms with E-state index in [0.717, 1.165) is 17.5 Å². The molecule has 0 spiro atoms. The Morgan fingerprint density at radius 2 is 2.08 bits per heavy atom. The van der Waals surface area contributed by atoms with Crippen LogP contribution in [0.15, 0.2) is 33.5 Å². The molecular weight excluding hydrogens is 320 g/mol. The molecule has 2 aromatic rings. The van der Waals surface area contributed by atoms with E-state index in [1.807, 2.05) is 6.07 Å². The first-order valence-corrected chi connectivity index (χ1v) is 8.99. The molecule has 0 atom stereocenters. The van der Waals surface area contributed by atoms with Gasteiger partial charge in [0.15, 0.2) is 0 Å². The molecule has 1 saturated carbocycles. The minimum absolute atomic E-state index is 0.301. The summed E-state index contributed by atoms with van der Waals surface area (Å²) >= 11 is 0. The summed E-state index contributed by atoms with van der Waals surface area (Å²) in [5.41, 5.74) is 1.63. The van der Waals surface area contributed by atoms with Gasteiger partial charge in [0, 0.05) is 28.8 Å². The summed E-state index contributed by atoms with van der Waals surface area (Å²) in [6, 6.07) is 7.55. The molecule has 1 heterocycles. The van der Waals surface area contributed by atoms with E-state index in [0.29, 0.717) is 23.9 Å². The van der Waals surface area contributed by atoms with Crippen LogP contribution in [0.1, 0.15) is 44.6 Å². The van der Waals surface area contributed by atoms with Crippen molar-refractivity contribution < 1.29 is 19.3 Å². The highest BCUT2D eigenvalue weighted by Crippen LogP contribution is 2.21. The third-order valence-corrected chi connectivity index (χ3v) is 4.67. The van der Waals surface area contributed by atoms with Crippen molar-refractivity contribution >= 4 is 22.7 Å². The Morgan fingerprint density at radius 1 is 1.28 bits per heavy atom. The minimum Gasteiger partial charge on any atom is -0.450 e. The topological polar surface area (TPSA) is 85.1 Å². The number of fused-ring (bicyclic) bond motifs is 1. The number of hydrogen-bond donors (Lipinski definition) is 2. The number of carbonyl (C=O) groups is 1. The average molecular weight is 345 g/mol. The van der Waals surface area contributed by atoms with E-state index in [1.54, 1.807) is 25.1 Å². The Balaban J connectivity index is 1.78. The Bertz CT molecular complexity index is 794. The predicted octanol–water partition coefficient (Wildman–Crippen LogP) is 2.76. The van der Waals surface area contributed by atoms with Gasteiger partial charge in [0.25, 0.3) is 0 Å². The van der Waals surface area contributed by atoms with E-state index in [2.05, 4.69) is 10.6 Å². The number of nitrogens with two attached hydrogens (primary N) is 1. The van der Waals surface area contributed by atoms with Crippen molar-refractivity contribution in [2.24, 2.45) is 0 Å². The van der Waals surface area contributed by atoms with Gasteiger partial charge in [-0.3, -0.25) is 5.32 Å². The first-order chi connectivity index (χ1) is 12.2. The van der Waals surface area contributed by atoms with Gasteiger partial charge in [-0.1, -0.05) is 6.42 Å². The van der Waals surface area contributed by atoms with Crippen LogP contribution in [-0.4, -0.2) is 18.7 Å². The summed E-state index contributed by atoms with van der Waals surface area (Å²) in [6.45, 7) is 2.81. The van der Waals surface area contributed by atoms with Crippen LogP contribution in [0.3, 0.4) is 0 Å². The zero-order chi connectivity index (χ0) is 17.6. The fourth-order valence-electron chi connectivity index (χ4n) is 3.43. The molecule has 6 heteroatoms. The monoisotopic (exact) mass is 345 g/mol. The summed E-state index contributed by atoms with van der Waals surface area (Å²) in [4.78, 5) is 23.4. The number of rotatable bonds is 5. The average Bonchev–Trinajstić information content (AvgIpc) is 2.60. The van der Waals surface area contributed by atoms with Crippen LogP contribution in [0.2, 0.25) is 0 Å². The summed E-state index contributed by atoms with van der Waals surface area (Å²) in [5, 5.41) is 5.86. The second kappa shape index (κ2) is 8.16. The molecule has 0 bridgehead atoms. The molecule has 1 amide bonds. The molecule has 25 heavy (non-hydrogen) atoms. The van der Waals surface area contributed by atoms with E-state index in [-0.39, 0.29) is 5.63 Å². The molecule has 6 nitrogen and oxygen atoms in total. The number of anilines is 1. The van der Waals surface area contributed by atoms with Crippen LogP contribution in [0.5, 0.6) is 0 Å². The van der Waals surface area contributed by atoms with E-state index >= 15 is 0 Å². The maximum absolute atomic E-state index is 11.9. The van der Waals surface area contributed by atoms with Gasteiger partial charge >= 0.3 is 11.7 Å². The van der Waals surface area contributed by atoms with Crippen LogP contribution in [0.4, 0.5) is 10.5 Å². The maximum Gasteiger partial charge on any atom is 0.411 e. The van der Waals surface area contributed by atoms with Gasteiger partial charge in [-0.15, -0.1) is 0 Å². The number of nitrogens with one attached hydrogen (secondary N) is 1. The second-order valence-electron chi connectivity index (χ2n) is 6.48. The summed E-state index contributed by atoms with van der Waals surface area (Å²) in [5.74, 6) is 0. The lowest BCUT2D eigenvalue weighted by molar-refractivity contribution is -0.706. The van der Waals surface area contributed by atoms with E-state index in [4.69, 9.17) is 9.15 Å². The highest BCUT2D eigenvalue weighted by atomic mass is 16.5. The molecule has 1 aromatic heterocycles. The molecule has 0 aliphatic heterocycles. The number of benzene rings is 1. The lowest BCUT2D eigenvalue weighted by atomic mass is 9.95. The molecule has 1 aliphatic carbocycles. The number of amides is 1. The van der Waals surface area contributed by atoms with Crippen LogP contribution in [0.25, 0.3) is 11.0 Å². The lowest BCUT2D eigenvalue weighted by Gasteiger charge is -2.20. The number of quaternary nitrogens is 1. The Morgan fingerprint density at radius 3 is 2.84 bits per heavy atom. The first-order valence-electron chi connectivity index (χ1n) is 8.99. The van der Waals surface area contributed by atoms with E-state index in [9.17, 15) is 9.59 Å². The Hall–Kier alpha value is -2.34. The van der Waals surface area contributed by atoms with Gasteiger partial charge in [0.1, 0.15) is 12.1 Å². The maximum atomic E-state index is 11.9. The predicted molar refractivity (Wildman–Crippen MR) is 95.6 cm³/mol. The molecule has 0 unspecified atom stereocenters. The van der Waals surface area contributed by atoms with Gasteiger partial charge in [0.05, 0.1) is 12.6 Å². The van der Waals surface area contributed by atoms with Crippen molar-refractivity contribution in [2.45, 2.75) is 51.6 Å². The molecule has 134 valence electrons. The zero-order valence-electron chi connectivity index (χ0n) is 14.5. The van der Waals surface area contributed by atoms with Gasteiger partial charge in [-0.2, -0.15) is 0 Å². The molecular formula is C19H25N2O4+. The Kier molecular flexibility index (Phi) is 5.71. The molecule has 3 rings (SSSR count). The molecule has 1 aliphatic rings. The van der Waals surface area contributed by atoms with Crippen molar-refractivity contribution in [2.75, 3.05) is 11.9 Å². The van der Waals surface area contributed by atoms with Crippen molar-refractivity contribution in [3.8, 4) is 0 Å². The number of carbonyl (C=O) groups excluding carboxylic acids is 1. The van der Waals surface area contributed by atoms with Gasteiger partial charge < -0.3 is 14.5 Å². The largest absolute Gasteiger partial charge is 0.450 e. The highest BCUT2D eigenvalue weighted by molar-refractivity contribution is 5.89. The minimum atomic E-state index is -0.522. The summed E-state index contributed by atoms with van der Waals surface area (Å²) in [7, 11) is 0. The van der Waals surface area contributed by atoms with Crippen LogP contribution >= 0.6 is 0 Å². The SMILES string of the molecule is CCOC(=O)Nc1ccc2c(C[NH2+]C3CCCCC3)cc(=O)oc2c1. The summed E-state index contributed by atoms with van der Waals surface area (Å²) < 4.78 is 10.2. The van der Waals surface area contributed by atoms with Crippen molar-refractivity contribution in [1.29, 1.82) is 0 Å². The smallest absolute Gasteiger partial charge is 0.411 e. The third kappa shape index (κ3) is 4.60. The van der Waals surface area contributed by atoms with Crippen molar-refractivity contribution in [3.63, 3.8) is 0 Å². The molecule has 3 N–H and O–H groups in total. The van der Waals surface area contributed by atoms with Crippen LogP contribution in [-0.2, 0) is 11.3 Å². The lowest BCUT2D eigenvalue weighted by Crippen LogP contribution is -2.88. The van der Waals surface area contributed by atoms with E-state index in [1.165, 1.54) is 32.1 Å². The van der Waals surface area contributed by atoms with Gasteiger partial charge in [0.2, 0.25) is 0 Å². The normalized spacial score (nSPS) is 15.2. The molecule has 1 aromatic carbocycles. The second-order valence-corrected chi connectivity index (χ2v) is 6.48. The number of ether oxygens (including phenoxy) is 1. The zero-order valence-corrected chi connectivity index (χ0v) is 14.5. The fourth-order valence-corrected chi connectivity index (χ4v) is 3.43. The number of hydrogen-bond acceptors (Lipinski definition) is 4. The van der Waals surface area contributed by atoms with Gasteiger partial charge in [-0.25, -0.2) is 9.59 Å². The summed E-state index contributed by atoms with van der Waals surface area (Å²) in [6.07, 6.45) is 5.88. The van der Waals surface area contributed by atoms with Crippen LogP contribution < -0.4 is 16.3 Å². The van der Waals surface area contributed by atoms with Crippen molar-refractivity contribution in [3.05, 3.63) is 40.2 Å². The quantitative estimate of drug-likeness (QED) is 0.816. The Labute approximate surface area is 146 Å². The standard InChI is InChI=1S/C19H24N2O4/c1-2-24-19(23)21-15-8-9-16-13(10-18(22)25-17(16)11-15)12-20-14-6-4-3-5-7-14/h8-11,14,20H,2-7,12H2,1H3,(H,21,23)/p+1. The first kappa shape index (κ1) is 17.5. The molecule has 0 saturated heterocycles. The highest BCUT2D eigenvalue weighted by Gasteiger charge is 2.17. The van der Waals surface area contributed by atoms with E-state index < -0.39 is 6.09 Å².